The van der Waals surface area contributed by atoms with E-state index >= 15 is 0 Å². The number of hydrogen-bond donors (Lipinski definition) is 2. The molecule has 1 aliphatic heterocycles. The van der Waals surface area contributed by atoms with Gasteiger partial charge in [-0.15, -0.1) is 0 Å². The quantitative estimate of drug-likeness (QED) is 0.548. The molecule has 0 fully saturated rings. The molecule has 2 rings (SSSR count). The number of nitrogens with one attached hydrogen (secondary N) is 2. The monoisotopic (exact) mass is 135 g/mol. The van der Waals surface area contributed by atoms with Crippen molar-refractivity contribution >= 4 is 5.84 Å². The third-order valence-corrected chi connectivity index (χ3v) is 1.38. The predicted octanol–water partition coefficient (Wildman–Crippen LogP) is -0.440. The fraction of sp³-hybridized carbons (Fsp3) is 0.333. The van der Waals surface area contributed by atoms with Crippen molar-refractivity contribution in [1.29, 1.82) is 0 Å². The van der Waals surface area contributed by atoms with Crippen molar-refractivity contribution < 1.29 is 0 Å². The molecule has 0 atom stereocenters. The van der Waals surface area contributed by atoms with Crippen molar-refractivity contribution in [2.24, 2.45) is 4.99 Å². The lowest BCUT2D eigenvalue weighted by Gasteiger charge is -1.93. The molecule has 1 radical (unpaired) electrons. The molecule has 1 aliphatic rings. The second-order valence-electron chi connectivity index (χ2n) is 2.07. The van der Waals surface area contributed by atoms with Gasteiger partial charge in [0.15, 0.2) is 0 Å². The maximum Gasteiger partial charge on any atom is 0.132 e. The van der Waals surface area contributed by atoms with Crippen LogP contribution in [0.25, 0.3) is 0 Å². The minimum absolute atomic E-state index is 0.856. The third-order valence-electron chi connectivity index (χ3n) is 1.38. The Balaban J connectivity index is 2.28. The van der Waals surface area contributed by atoms with Gasteiger partial charge in [0, 0.05) is 12.7 Å². The van der Waals surface area contributed by atoms with E-state index in [-0.39, 0.29) is 0 Å². The van der Waals surface area contributed by atoms with Gasteiger partial charge < -0.3 is 5.32 Å². The molecular weight excluding hydrogens is 128 g/mol. The van der Waals surface area contributed by atoms with Crippen LogP contribution in [0.4, 0.5) is 0 Å². The van der Waals surface area contributed by atoms with Crippen LogP contribution in [-0.4, -0.2) is 29.1 Å². The zero-order chi connectivity index (χ0) is 6.81. The molecule has 0 spiro atoms. The van der Waals surface area contributed by atoms with Gasteiger partial charge in [0.1, 0.15) is 12.0 Å². The van der Waals surface area contributed by atoms with E-state index in [0.717, 1.165) is 24.5 Å². The zero-order valence-electron chi connectivity index (χ0n) is 5.39. The topological polar surface area (TPSA) is 53.1 Å². The predicted molar refractivity (Wildman–Crippen MR) is 36.8 cm³/mol. The lowest BCUT2D eigenvalue weighted by Crippen LogP contribution is -2.18. The van der Waals surface area contributed by atoms with E-state index in [1.54, 1.807) is 6.20 Å². The first-order valence-electron chi connectivity index (χ1n) is 3.17. The Kier molecular flexibility index (Phi) is 1.16. The molecule has 51 valence electrons. The summed E-state index contributed by atoms with van der Waals surface area (Å²) in [5, 5.41) is 9.49. The first-order valence-corrected chi connectivity index (χ1v) is 3.17. The van der Waals surface area contributed by atoms with Crippen LogP contribution >= 0.6 is 0 Å². The zero-order valence-corrected chi connectivity index (χ0v) is 5.39. The van der Waals surface area contributed by atoms with Gasteiger partial charge in [0.05, 0.1) is 12.1 Å². The summed E-state index contributed by atoms with van der Waals surface area (Å²) in [4.78, 5) is 4.19. The maximum absolute atomic E-state index is 4.19. The average molecular weight is 135 g/mol. The molecule has 0 saturated heterocycles. The minimum Gasteiger partial charge on any atom is -0.368 e. The first kappa shape index (κ1) is 5.46. The Morgan fingerprint density at radius 3 is 3.20 bits per heavy atom. The van der Waals surface area contributed by atoms with E-state index in [1.807, 2.05) is 0 Å². The van der Waals surface area contributed by atoms with E-state index < -0.39 is 0 Å². The molecule has 1 aromatic rings. The van der Waals surface area contributed by atoms with Crippen LogP contribution in [0.1, 0.15) is 5.56 Å². The van der Waals surface area contributed by atoms with Crippen molar-refractivity contribution in [3.8, 4) is 0 Å². The number of nitrogens with zero attached hydrogens (tertiary/aromatic N) is 2. The van der Waals surface area contributed by atoms with Crippen LogP contribution in [0, 0.1) is 6.20 Å². The number of aromatic nitrogens is 2. The van der Waals surface area contributed by atoms with E-state index in [4.69, 9.17) is 0 Å². The molecule has 0 unspecified atom stereocenters. The lowest BCUT2D eigenvalue weighted by molar-refractivity contribution is 0.960. The molecule has 10 heavy (non-hydrogen) atoms. The van der Waals surface area contributed by atoms with Gasteiger partial charge in [0.2, 0.25) is 0 Å². The summed E-state index contributed by atoms with van der Waals surface area (Å²) in [6, 6.07) is 0. The molecule has 0 aliphatic carbocycles. The molecular formula is C6H7N4. The molecule has 2 heterocycles. The number of H-pyrrole nitrogens is 1. The lowest BCUT2D eigenvalue weighted by atomic mass is 10.3. The first-order chi connectivity index (χ1) is 4.97. The fourth-order valence-corrected chi connectivity index (χ4v) is 0.921. The molecule has 0 bridgehead atoms. The number of amidine groups is 1. The average Bonchev–Trinajstić information content (AvgIpc) is 2.59. The van der Waals surface area contributed by atoms with Gasteiger partial charge in [-0.2, -0.15) is 5.10 Å². The maximum atomic E-state index is 4.19. The molecule has 0 saturated carbocycles. The van der Waals surface area contributed by atoms with Gasteiger partial charge in [0.25, 0.3) is 0 Å². The van der Waals surface area contributed by atoms with Gasteiger partial charge in [-0.05, 0) is 0 Å². The Morgan fingerprint density at radius 2 is 2.60 bits per heavy atom. The second kappa shape index (κ2) is 2.13. The molecule has 0 amide bonds. The Hall–Kier alpha value is -1.32. The van der Waals surface area contributed by atoms with Crippen LogP contribution in [0.15, 0.2) is 11.2 Å². The summed E-state index contributed by atoms with van der Waals surface area (Å²) in [6.45, 7) is 1.78. The standard InChI is InChI=1S/C6H7N4/c1-2-8-6(7-1)5-3-9-10-4-5/h3H,1-2H2,(H,7,8)(H,9,10). The minimum atomic E-state index is 0.856. The third kappa shape index (κ3) is 0.775. The summed E-state index contributed by atoms with van der Waals surface area (Å²) in [7, 11) is 0. The van der Waals surface area contributed by atoms with E-state index in [1.165, 1.54) is 0 Å². The summed E-state index contributed by atoms with van der Waals surface area (Å²) in [5.41, 5.74) is 0.914. The van der Waals surface area contributed by atoms with Crippen LogP contribution in [0.2, 0.25) is 0 Å². The van der Waals surface area contributed by atoms with E-state index in [2.05, 4.69) is 26.7 Å². The molecule has 4 nitrogen and oxygen atoms in total. The number of rotatable bonds is 1. The highest BCUT2D eigenvalue weighted by Gasteiger charge is 2.07. The summed E-state index contributed by atoms with van der Waals surface area (Å²) < 4.78 is 0. The Bertz CT molecular complexity index is 236. The van der Waals surface area contributed by atoms with Gasteiger partial charge >= 0.3 is 0 Å². The molecule has 2 N–H and O–H groups in total. The molecule has 4 heteroatoms. The molecule has 1 aromatic heterocycles. The van der Waals surface area contributed by atoms with Crippen molar-refractivity contribution in [3.63, 3.8) is 0 Å². The Morgan fingerprint density at radius 1 is 1.60 bits per heavy atom. The van der Waals surface area contributed by atoms with Crippen molar-refractivity contribution in [1.82, 2.24) is 15.5 Å². The van der Waals surface area contributed by atoms with Gasteiger partial charge in [-0.25, -0.2) is 0 Å². The summed E-state index contributed by atoms with van der Waals surface area (Å²) in [5.74, 6) is 0.897. The van der Waals surface area contributed by atoms with Crippen LogP contribution in [0.3, 0.4) is 0 Å². The number of hydrogen-bond acceptors (Lipinski definition) is 3. The smallest absolute Gasteiger partial charge is 0.132 e. The normalized spacial score (nSPS) is 16.6. The van der Waals surface area contributed by atoms with Crippen LogP contribution < -0.4 is 5.32 Å². The second-order valence-corrected chi connectivity index (χ2v) is 2.07. The fourth-order valence-electron chi connectivity index (χ4n) is 0.921. The highest BCUT2D eigenvalue weighted by molar-refractivity contribution is 5.98. The van der Waals surface area contributed by atoms with Crippen molar-refractivity contribution in [2.45, 2.75) is 0 Å². The highest BCUT2D eigenvalue weighted by atomic mass is 15.1. The largest absolute Gasteiger partial charge is 0.368 e. The summed E-state index contributed by atoms with van der Waals surface area (Å²) >= 11 is 0. The number of aliphatic imine (C=N–C) groups is 1. The van der Waals surface area contributed by atoms with Crippen molar-refractivity contribution in [2.75, 3.05) is 13.1 Å². The Labute approximate surface area is 58.4 Å². The van der Waals surface area contributed by atoms with Gasteiger partial charge in [-0.1, -0.05) is 0 Å². The molecule has 0 aromatic carbocycles. The van der Waals surface area contributed by atoms with E-state index in [9.17, 15) is 0 Å². The van der Waals surface area contributed by atoms with Crippen molar-refractivity contribution in [3.05, 3.63) is 18.0 Å². The van der Waals surface area contributed by atoms with Crippen LogP contribution in [0.5, 0.6) is 0 Å². The number of aromatic amines is 1. The van der Waals surface area contributed by atoms with E-state index in [0.29, 0.717) is 0 Å². The van der Waals surface area contributed by atoms with Gasteiger partial charge in [-0.3, -0.25) is 10.1 Å². The van der Waals surface area contributed by atoms with Crippen LogP contribution in [-0.2, 0) is 0 Å². The highest BCUT2D eigenvalue weighted by Crippen LogP contribution is 1.97. The SMILES string of the molecule is [c]1n[nH]cc1C1=NCCN1. The summed E-state index contributed by atoms with van der Waals surface area (Å²) in [6.07, 6.45) is 4.56.